The number of benzene rings is 2. The first-order chi connectivity index (χ1) is 11.0. The minimum atomic E-state index is -3.75. The number of nitrogens with zero attached hydrogens (tertiary/aromatic N) is 1. The van der Waals surface area contributed by atoms with Crippen LogP contribution in [0.5, 0.6) is 0 Å². The summed E-state index contributed by atoms with van der Waals surface area (Å²) < 4.78 is 27.0. The number of likely N-dealkylation sites (N-methyl/N-ethyl adjacent to an activating group) is 1. The lowest BCUT2D eigenvalue weighted by Gasteiger charge is -2.31. The van der Waals surface area contributed by atoms with Gasteiger partial charge >= 0.3 is 0 Å². The molecule has 0 atom stereocenters. The monoisotopic (exact) mass is 330 g/mol. The number of rotatable bonds is 3. The number of amides is 1. The molecule has 0 radical (unpaired) electrons. The van der Waals surface area contributed by atoms with E-state index in [0.29, 0.717) is 11.3 Å². The normalized spacial score (nSPS) is 14.8. The molecule has 120 valence electrons. The molecule has 0 aromatic heterocycles. The molecule has 1 amide bonds. The molecule has 6 heteroatoms. The highest BCUT2D eigenvalue weighted by atomic mass is 32.2. The van der Waals surface area contributed by atoms with Gasteiger partial charge in [0, 0.05) is 18.2 Å². The minimum absolute atomic E-state index is 0.231. The number of aryl methyl sites for hydroxylation is 1. The smallest absolute Gasteiger partial charge is 0.265 e. The summed E-state index contributed by atoms with van der Waals surface area (Å²) in [5.74, 6) is -0.349. The highest BCUT2D eigenvalue weighted by molar-refractivity contribution is 7.93. The van der Waals surface area contributed by atoms with E-state index in [-0.39, 0.29) is 17.3 Å². The molecule has 0 saturated carbocycles. The van der Waals surface area contributed by atoms with Crippen LogP contribution in [0.4, 0.5) is 5.69 Å². The van der Waals surface area contributed by atoms with Gasteiger partial charge in [0.2, 0.25) is 5.91 Å². The van der Waals surface area contributed by atoms with Crippen molar-refractivity contribution in [3.05, 3.63) is 48.0 Å². The van der Waals surface area contributed by atoms with E-state index >= 15 is 0 Å². The lowest BCUT2D eigenvalue weighted by atomic mass is 9.99. The molecule has 3 rings (SSSR count). The summed E-state index contributed by atoms with van der Waals surface area (Å²) in [6.07, 6.45) is 0.859. The first kappa shape index (κ1) is 15.6. The van der Waals surface area contributed by atoms with Crippen molar-refractivity contribution in [2.75, 3.05) is 17.9 Å². The van der Waals surface area contributed by atoms with Crippen LogP contribution in [-0.4, -0.2) is 27.9 Å². The van der Waals surface area contributed by atoms with Crippen molar-refractivity contribution in [1.82, 2.24) is 5.32 Å². The maximum atomic E-state index is 12.9. The van der Waals surface area contributed by atoms with E-state index in [2.05, 4.69) is 12.2 Å². The number of carbonyl (C=O) groups is 1. The summed E-state index contributed by atoms with van der Waals surface area (Å²) in [7, 11) is -2.25. The van der Waals surface area contributed by atoms with Crippen molar-refractivity contribution in [3.63, 3.8) is 0 Å². The highest BCUT2D eigenvalue weighted by Crippen LogP contribution is 2.43. The average molecular weight is 330 g/mol. The molecule has 5 nitrogen and oxygen atoms in total. The number of hydrogen-bond donors (Lipinski definition) is 1. The zero-order chi connectivity index (χ0) is 16.6. The second-order valence-electron chi connectivity index (χ2n) is 5.39. The van der Waals surface area contributed by atoms with Gasteiger partial charge in [0.25, 0.3) is 10.0 Å². The van der Waals surface area contributed by atoms with Gasteiger partial charge in [0.05, 0.1) is 10.6 Å². The average Bonchev–Trinajstić information content (AvgIpc) is 2.58. The van der Waals surface area contributed by atoms with Crippen LogP contribution in [0.3, 0.4) is 0 Å². The summed E-state index contributed by atoms with van der Waals surface area (Å²) >= 11 is 0. The van der Waals surface area contributed by atoms with Crippen LogP contribution in [0.2, 0.25) is 0 Å². The van der Waals surface area contributed by atoms with Gasteiger partial charge in [-0.25, -0.2) is 8.42 Å². The molecule has 23 heavy (non-hydrogen) atoms. The standard InChI is InChI=1S/C17H18N2O3S/c1-3-12-8-9-15-14(10-12)13-6-4-5-7-16(13)23(21,22)19(15)11-17(20)18-2/h4-10H,3,11H2,1-2H3,(H,18,20). The Morgan fingerprint density at radius 3 is 2.57 bits per heavy atom. The number of fused-ring (bicyclic) bond motifs is 3. The van der Waals surface area contributed by atoms with Gasteiger partial charge < -0.3 is 5.32 Å². The molecule has 1 aliphatic rings. The van der Waals surface area contributed by atoms with Gasteiger partial charge in [0.1, 0.15) is 6.54 Å². The van der Waals surface area contributed by atoms with Crippen molar-refractivity contribution in [3.8, 4) is 11.1 Å². The Balaban J connectivity index is 2.27. The summed E-state index contributed by atoms with van der Waals surface area (Å²) in [5, 5.41) is 2.48. The first-order valence-corrected chi connectivity index (χ1v) is 8.88. The van der Waals surface area contributed by atoms with Crippen LogP contribution in [-0.2, 0) is 21.2 Å². The number of carbonyl (C=O) groups excluding carboxylic acids is 1. The van der Waals surface area contributed by atoms with Gasteiger partial charge in [0.15, 0.2) is 0 Å². The van der Waals surface area contributed by atoms with Crippen molar-refractivity contribution in [2.45, 2.75) is 18.2 Å². The molecule has 2 aromatic carbocycles. The maximum absolute atomic E-state index is 12.9. The SMILES string of the molecule is CCc1ccc2c(c1)-c1ccccc1S(=O)(=O)N2CC(=O)NC. The summed E-state index contributed by atoms with van der Waals surface area (Å²) in [6.45, 7) is 1.82. The fourth-order valence-corrected chi connectivity index (χ4v) is 4.43. The molecule has 1 N–H and O–H groups in total. The molecule has 0 bridgehead atoms. The lowest BCUT2D eigenvalue weighted by molar-refractivity contribution is -0.119. The Morgan fingerprint density at radius 1 is 1.13 bits per heavy atom. The molecule has 1 heterocycles. The van der Waals surface area contributed by atoms with Gasteiger partial charge in [-0.05, 0) is 30.2 Å². The Kier molecular flexibility index (Phi) is 3.85. The van der Waals surface area contributed by atoms with Gasteiger partial charge in [-0.3, -0.25) is 9.10 Å². The van der Waals surface area contributed by atoms with Crippen LogP contribution < -0.4 is 9.62 Å². The zero-order valence-corrected chi connectivity index (χ0v) is 13.9. The second-order valence-corrected chi connectivity index (χ2v) is 7.22. The Hall–Kier alpha value is -2.34. The van der Waals surface area contributed by atoms with Crippen LogP contribution in [0.25, 0.3) is 11.1 Å². The predicted octanol–water partition coefficient (Wildman–Crippen LogP) is 2.17. The largest absolute Gasteiger partial charge is 0.358 e. The van der Waals surface area contributed by atoms with E-state index in [1.807, 2.05) is 24.3 Å². The van der Waals surface area contributed by atoms with Gasteiger partial charge in [-0.1, -0.05) is 31.2 Å². The molecule has 0 saturated heterocycles. The Morgan fingerprint density at radius 2 is 1.87 bits per heavy atom. The zero-order valence-electron chi connectivity index (χ0n) is 13.0. The number of sulfonamides is 1. The molecule has 0 fully saturated rings. The van der Waals surface area contributed by atoms with Crippen molar-refractivity contribution >= 4 is 21.6 Å². The molecule has 2 aromatic rings. The third-order valence-electron chi connectivity index (χ3n) is 4.05. The quantitative estimate of drug-likeness (QED) is 0.938. The summed E-state index contributed by atoms with van der Waals surface area (Å²) in [4.78, 5) is 12.0. The fraction of sp³-hybridized carbons (Fsp3) is 0.235. The van der Waals surface area contributed by atoms with E-state index in [1.165, 1.54) is 11.4 Å². The summed E-state index contributed by atoms with van der Waals surface area (Å²) in [5.41, 5.74) is 3.20. The fourth-order valence-electron chi connectivity index (χ4n) is 2.78. The van der Waals surface area contributed by atoms with Gasteiger partial charge in [-0.15, -0.1) is 0 Å². The minimum Gasteiger partial charge on any atom is -0.358 e. The summed E-state index contributed by atoms with van der Waals surface area (Å²) in [6, 6.07) is 12.6. The van der Waals surface area contributed by atoms with E-state index in [1.54, 1.807) is 18.2 Å². The first-order valence-electron chi connectivity index (χ1n) is 7.44. The van der Waals surface area contributed by atoms with Crippen LogP contribution >= 0.6 is 0 Å². The van der Waals surface area contributed by atoms with E-state index < -0.39 is 10.0 Å². The Bertz CT molecular complexity index is 875. The van der Waals surface area contributed by atoms with Crippen molar-refractivity contribution in [2.24, 2.45) is 0 Å². The Labute approximate surface area is 136 Å². The van der Waals surface area contributed by atoms with Gasteiger partial charge in [-0.2, -0.15) is 0 Å². The van der Waals surface area contributed by atoms with Crippen molar-refractivity contribution < 1.29 is 13.2 Å². The van der Waals surface area contributed by atoms with E-state index in [0.717, 1.165) is 17.5 Å². The molecular formula is C17H18N2O3S. The molecule has 0 aliphatic carbocycles. The predicted molar refractivity (Wildman–Crippen MR) is 89.9 cm³/mol. The second kappa shape index (κ2) is 5.70. The topological polar surface area (TPSA) is 66.5 Å². The highest BCUT2D eigenvalue weighted by Gasteiger charge is 2.35. The number of nitrogens with one attached hydrogen (secondary N) is 1. The van der Waals surface area contributed by atoms with Crippen LogP contribution in [0.1, 0.15) is 12.5 Å². The van der Waals surface area contributed by atoms with E-state index in [4.69, 9.17) is 0 Å². The number of hydrogen-bond acceptors (Lipinski definition) is 3. The maximum Gasteiger partial charge on any atom is 0.265 e. The molecule has 1 aliphatic heterocycles. The lowest BCUT2D eigenvalue weighted by Crippen LogP contribution is -2.41. The van der Waals surface area contributed by atoms with Crippen LogP contribution in [0, 0.1) is 0 Å². The van der Waals surface area contributed by atoms with Crippen molar-refractivity contribution in [1.29, 1.82) is 0 Å². The molecule has 0 unspecified atom stereocenters. The van der Waals surface area contributed by atoms with Crippen LogP contribution in [0.15, 0.2) is 47.4 Å². The molecule has 0 spiro atoms. The third-order valence-corrected chi connectivity index (χ3v) is 5.87. The number of anilines is 1. The third kappa shape index (κ3) is 2.49. The molecular weight excluding hydrogens is 312 g/mol. The van der Waals surface area contributed by atoms with E-state index in [9.17, 15) is 13.2 Å².